The van der Waals surface area contributed by atoms with E-state index in [9.17, 15) is 4.79 Å². The van der Waals surface area contributed by atoms with E-state index in [4.69, 9.17) is 4.74 Å². The van der Waals surface area contributed by atoms with Gasteiger partial charge in [-0.25, -0.2) is 0 Å². The minimum Gasteiger partial charge on any atom is -0.382 e. The largest absolute Gasteiger partial charge is 0.382 e. The number of hydrogen-bond donors (Lipinski definition) is 2. The minimum atomic E-state index is 0.0667. The number of piperidine rings is 1. The molecule has 5 rings (SSSR count). The van der Waals surface area contributed by atoms with Crippen molar-refractivity contribution in [3.05, 3.63) is 30.0 Å². The molecule has 6 heteroatoms. The Balaban J connectivity index is 1.22. The van der Waals surface area contributed by atoms with Crippen LogP contribution >= 0.6 is 0 Å². The van der Waals surface area contributed by atoms with Gasteiger partial charge >= 0.3 is 0 Å². The van der Waals surface area contributed by atoms with Crippen molar-refractivity contribution in [3.63, 3.8) is 0 Å². The molecule has 0 bridgehead atoms. The first-order chi connectivity index (χ1) is 13.7. The molecule has 1 saturated carbocycles. The van der Waals surface area contributed by atoms with E-state index in [1.54, 1.807) is 0 Å². The molecule has 0 spiro atoms. The van der Waals surface area contributed by atoms with Crippen LogP contribution in [0.2, 0.25) is 0 Å². The summed E-state index contributed by atoms with van der Waals surface area (Å²) >= 11 is 0. The van der Waals surface area contributed by atoms with Crippen LogP contribution in [-0.4, -0.2) is 72.7 Å². The van der Waals surface area contributed by atoms with E-state index < -0.39 is 0 Å². The van der Waals surface area contributed by atoms with Gasteiger partial charge in [0, 0.05) is 55.4 Å². The van der Waals surface area contributed by atoms with Gasteiger partial charge in [0.1, 0.15) is 5.69 Å². The van der Waals surface area contributed by atoms with Crippen LogP contribution in [0.4, 0.5) is 5.69 Å². The monoisotopic (exact) mass is 382 g/mol. The first-order valence-electron chi connectivity index (χ1n) is 10.7. The summed E-state index contributed by atoms with van der Waals surface area (Å²) in [4.78, 5) is 20.5. The number of likely N-dealkylation sites (tertiary alicyclic amines) is 1. The number of H-pyrrole nitrogens is 1. The zero-order valence-electron chi connectivity index (χ0n) is 16.5. The predicted octanol–water partition coefficient (Wildman–Crippen LogP) is 2.93. The lowest BCUT2D eigenvalue weighted by molar-refractivity contribution is 0.0299. The van der Waals surface area contributed by atoms with Gasteiger partial charge in [-0.15, -0.1) is 0 Å². The Morgan fingerprint density at radius 3 is 2.61 bits per heavy atom. The molecule has 1 amide bonds. The average molecular weight is 383 g/mol. The number of aromatic amines is 1. The van der Waals surface area contributed by atoms with Gasteiger partial charge in [-0.1, -0.05) is 0 Å². The Morgan fingerprint density at radius 2 is 1.86 bits per heavy atom. The maximum Gasteiger partial charge on any atom is 0.270 e. The van der Waals surface area contributed by atoms with Gasteiger partial charge < -0.3 is 24.8 Å². The fraction of sp³-hybridized carbons (Fsp3) is 0.591. The number of carbonyl (C=O) groups excluding carboxylic acids is 1. The van der Waals surface area contributed by atoms with Crippen molar-refractivity contribution in [1.29, 1.82) is 0 Å². The standard InChI is InChI=1S/C22H30N4O2/c27-22(26-9-11-28-12-10-26)21-14-17-13-19(3-4-20(17)24-21)23-18-5-7-25(8-6-18)15-16-1-2-16/h3-4,13-14,16,18,23-24H,1-2,5-12,15H2. The van der Waals surface area contributed by atoms with Gasteiger partial charge in [0.25, 0.3) is 5.91 Å². The molecule has 1 aromatic heterocycles. The number of aromatic nitrogens is 1. The van der Waals surface area contributed by atoms with E-state index in [1.165, 1.54) is 45.3 Å². The van der Waals surface area contributed by atoms with E-state index in [-0.39, 0.29) is 5.91 Å². The van der Waals surface area contributed by atoms with E-state index in [2.05, 4.69) is 33.4 Å². The van der Waals surface area contributed by atoms with Crippen LogP contribution in [0.3, 0.4) is 0 Å². The van der Waals surface area contributed by atoms with E-state index >= 15 is 0 Å². The molecule has 0 unspecified atom stereocenters. The number of rotatable bonds is 5. The lowest BCUT2D eigenvalue weighted by atomic mass is 10.0. The van der Waals surface area contributed by atoms with E-state index in [0.29, 0.717) is 38.0 Å². The van der Waals surface area contributed by atoms with Gasteiger partial charge in [-0.3, -0.25) is 4.79 Å². The van der Waals surface area contributed by atoms with Crippen LogP contribution in [0, 0.1) is 5.92 Å². The number of carbonyl (C=O) groups is 1. The molecule has 28 heavy (non-hydrogen) atoms. The Hall–Kier alpha value is -2.05. The molecule has 150 valence electrons. The minimum absolute atomic E-state index is 0.0667. The lowest BCUT2D eigenvalue weighted by Crippen LogP contribution is -2.40. The third-order valence-corrected chi connectivity index (χ3v) is 6.32. The Morgan fingerprint density at radius 1 is 1.07 bits per heavy atom. The highest BCUT2D eigenvalue weighted by molar-refractivity contribution is 5.98. The first-order valence-corrected chi connectivity index (χ1v) is 10.7. The molecule has 3 aliphatic rings. The molecule has 0 radical (unpaired) electrons. The van der Waals surface area contributed by atoms with Crippen LogP contribution in [0.5, 0.6) is 0 Å². The number of morpholine rings is 1. The molecule has 1 aliphatic carbocycles. The maximum atomic E-state index is 12.7. The summed E-state index contributed by atoms with van der Waals surface area (Å²) in [6.45, 7) is 6.30. The smallest absolute Gasteiger partial charge is 0.270 e. The number of anilines is 1. The second-order valence-electron chi connectivity index (χ2n) is 8.55. The first kappa shape index (κ1) is 18.0. The zero-order valence-corrected chi connectivity index (χ0v) is 16.5. The summed E-state index contributed by atoms with van der Waals surface area (Å²) in [5.41, 5.74) is 2.83. The molecule has 1 aromatic carbocycles. The molecule has 3 heterocycles. The quantitative estimate of drug-likeness (QED) is 0.835. The number of benzene rings is 1. The van der Waals surface area contributed by atoms with Crippen molar-refractivity contribution >= 4 is 22.5 Å². The van der Waals surface area contributed by atoms with E-state index in [0.717, 1.165) is 22.5 Å². The molecule has 2 aromatic rings. The SMILES string of the molecule is O=C(c1cc2cc(NC3CCN(CC4CC4)CC3)ccc2[nH]1)N1CCOCC1. The third kappa shape index (κ3) is 4.03. The van der Waals surface area contributed by atoms with Crippen LogP contribution in [0.1, 0.15) is 36.2 Å². The van der Waals surface area contributed by atoms with Crippen molar-refractivity contribution in [1.82, 2.24) is 14.8 Å². The topological polar surface area (TPSA) is 60.6 Å². The molecular formula is C22H30N4O2. The highest BCUT2D eigenvalue weighted by Crippen LogP contribution is 2.31. The fourth-order valence-corrected chi connectivity index (χ4v) is 4.44. The number of amides is 1. The highest BCUT2D eigenvalue weighted by Gasteiger charge is 2.27. The molecule has 2 saturated heterocycles. The number of nitrogens with zero attached hydrogens (tertiary/aromatic N) is 2. The maximum absolute atomic E-state index is 12.7. The summed E-state index contributed by atoms with van der Waals surface area (Å²) in [6.07, 6.45) is 5.28. The summed E-state index contributed by atoms with van der Waals surface area (Å²) < 4.78 is 5.35. The van der Waals surface area contributed by atoms with Crippen LogP contribution in [0.25, 0.3) is 10.9 Å². The summed E-state index contributed by atoms with van der Waals surface area (Å²) in [6, 6.07) is 8.89. The Kier molecular flexibility index (Phi) is 4.99. The van der Waals surface area contributed by atoms with Crippen molar-refractivity contribution < 1.29 is 9.53 Å². The van der Waals surface area contributed by atoms with Gasteiger partial charge in [0.05, 0.1) is 13.2 Å². The Labute approximate surface area is 166 Å². The molecule has 0 atom stereocenters. The second-order valence-corrected chi connectivity index (χ2v) is 8.55. The third-order valence-electron chi connectivity index (χ3n) is 6.32. The number of nitrogens with one attached hydrogen (secondary N) is 2. The van der Waals surface area contributed by atoms with Gasteiger partial charge in [-0.2, -0.15) is 0 Å². The summed E-state index contributed by atoms with van der Waals surface area (Å²) in [5, 5.41) is 4.80. The van der Waals surface area contributed by atoms with Gasteiger partial charge in [0.2, 0.25) is 0 Å². The number of hydrogen-bond acceptors (Lipinski definition) is 4. The second kappa shape index (κ2) is 7.76. The van der Waals surface area contributed by atoms with Crippen LogP contribution < -0.4 is 5.32 Å². The normalized spacial score (nSPS) is 21.9. The van der Waals surface area contributed by atoms with E-state index in [1.807, 2.05) is 11.0 Å². The number of ether oxygens (including phenoxy) is 1. The lowest BCUT2D eigenvalue weighted by Gasteiger charge is -2.32. The summed E-state index contributed by atoms with van der Waals surface area (Å²) in [5.74, 6) is 1.05. The molecule has 2 N–H and O–H groups in total. The predicted molar refractivity (Wildman–Crippen MR) is 111 cm³/mol. The molecule has 2 aliphatic heterocycles. The molecule has 3 fully saturated rings. The zero-order chi connectivity index (χ0) is 18.9. The van der Waals surface area contributed by atoms with Crippen molar-refractivity contribution in [2.45, 2.75) is 31.7 Å². The number of fused-ring (bicyclic) bond motifs is 1. The van der Waals surface area contributed by atoms with Crippen molar-refractivity contribution in [2.24, 2.45) is 5.92 Å². The van der Waals surface area contributed by atoms with Crippen molar-refractivity contribution in [2.75, 3.05) is 51.3 Å². The van der Waals surface area contributed by atoms with Crippen molar-refractivity contribution in [3.8, 4) is 0 Å². The summed E-state index contributed by atoms with van der Waals surface area (Å²) in [7, 11) is 0. The van der Waals surface area contributed by atoms with Crippen LogP contribution in [-0.2, 0) is 4.74 Å². The van der Waals surface area contributed by atoms with Crippen LogP contribution in [0.15, 0.2) is 24.3 Å². The average Bonchev–Trinajstić information content (AvgIpc) is 3.45. The van der Waals surface area contributed by atoms with Gasteiger partial charge in [-0.05, 0) is 55.9 Å². The fourth-order valence-electron chi connectivity index (χ4n) is 4.44. The molecular weight excluding hydrogens is 352 g/mol. The molecule has 6 nitrogen and oxygen atoms in total. The highest BCUT2D eigenvalue weighted by atomic mass is 16.5. The Bertz CT molecular complexity index is 830. The van der Waals surface area contributed by atoms with Gasteiger partial charge in [0.15, 0.2) is 0 Å².